The van der Waals surface area contributed by atoms with Gasteiger partial charge in [-0.15, -0.1) is 0 Å². The molecule has 0 spiro atoms. The molecule has 2 aromatic rings. The fraction of sp³-hybridized carbons (Fsp3) is 0.375. The fourth-order valence-electron chi connectivity index (χ4n) is 0.867. The number of hydrogen-bond acceptors (Lipinski definition) is 3. The van der Waals surface area contributed by atoms with E-state index in [9.17, 15) is 9.59 Å². The number of fused-ring (bicyclic) bond motifs is 1. The van der Waals surface area contributed by atoms with Gasteiger partial charge in [-0.3, -0.25) is 14.8 Å². The van der Waals surface area contributed by atoms with Crippen molar-refractivity contribution in [2.45, 2.75) is 19.3 Å². The van der Waals surface area contributed by atoms with E-state index in [1.165, 1.54) is 25.6 Å². The van der Waals surface area contributed by atoms with Crippen molar-refractivity contribution in [1.29, 1.82) is 0 Å². The second-order valence-electron chi connectivity index (χ2n) is 3.10. The van der Waals surface area contributed by atoms with Gasteiger partial charge in [0, 0.05) is 0 Å². The predicted octanol–water partition coefficient (Wildman–Crippen LogP) is 0.110. The monoisotopic (exact) mass is 194 g/mol. The Hall–Kier alpha value is -1.85. The number of rotatable bonds is 0. The third-order valence-corrected chi connectivity index (χ3v) is 1.68. The van der Waals surface area contributed by atoms with Crippen LogP contribution >= 0.6 is 0 Å². The lowest BCUT2D eigenvalue weighted by atomic mass is 10.5. The Bertz CT molecular complexity index is 531. The maximum atomic E-state index is 10.9. The molecule has 0 amide bonds. The number of aromatic amines is 3. The zero-order valence-electron chi connectivity index (χ0n) is 7.46. The second kappa shape index (κ2) is 3.49. The summed E-state index contributed by atoms with van der Waals surface area (Å²) in [4.78, 5) is 32.3. The molecule has 14 heavy (non-hydrogen) atoms. The SMILES string of the molecule is C1CC1.O=c1[nH]c(=O)c2[nH]cnc2[nH]1. The van der Waals surface area contributed by atoms with Gasteiger partial charge in [-0.05, 0) is 0 Å². The highest BCUT2D eigenvalue weighted by atomic mass is 16.2. The van der Waals surface area contributed by atoms with E-state index in [2.05, 4.69) is 19.9 Å². The maximum Gasteiger partial charge on any atom is 0.327 e. The first kappa shape index (κ1) is 8.74. The van der Waals surface area contributed by atoms with E-state index in [1.54, 1.807) is 0 Å². The molecule has 0 radical (unpaired) electrons. The molecule has 0 unspecified atom stereocenters. The van der Waals surface area contributed by atoms with Gasteiger partial charge in [-0.25, -0.2) is 9.78 Å². The molecule has 74 valence electrons. The predicted molar refractivity (Wildman–Crippen MR) is 51.2 cm³/mol. The lowest BCUT2D eigenvalue weighted by Crippen LogP contribution is -2.21. The smallest absolute Gasteiger partial charge is 0.327 e. The Labute approximate surface area is 78.4 Å². The van der Waals surface area contributed by atoms with Crippen LogP contribution in [0.4, 0.5) is 0 Å². The van der Waals surface area contributed by atoms with Crippen molar-refractivity contribution in [3.63, 3.8) is 0 Å². The molecule has 1 saturated carbocycles. The molecule has 0 aliphatic heterocycles. The summed E-state index contributed by atoms with van der Waals surface area (Å²) >= 11 is 0. The number of aromatic nitrogens is 4. The summed E-state index contributed by atoms with van der Waals surface area (Å²) in [5, 5.41) is 0. The molecule has 1 fully saturated rings. The summed E-state index contributed by atoms with van der Waals surface area (Å²) in [5.74, 6) is 0. The lowest BCUT2D eigenvalue weighted by Gasteiger charge is -1.83. The molecule has 2 aromatic heterocycles. The summed E-state index contributed by atoms with van der Waals surface area (Å²) in [6, 6.07) is 0. The molecule has 0 bridgehead atoms. The Morgan fingerprint density at radius 1 is 1.14 bits per heavy atom. The summed E-state index contributed by atoms with van der Waals surface area (Å²) in [6.45, 7) is 0. The first-order chi connectivity index (χ1) is 6.77. The number of nitrogens with zero attached hydrogens (tertiary/aromatic N) is 1. The van der Waals surface area contributed by atoms with Crippen LogP contribution in [0, 0.1) is 0 Å². The van der Waals surface area contributed by atoms with E-state index >= 15 is 0 Å². The molecule has 6 nitrogen and oxygen atoms in total. The van der Waals surface area contributed by atoms with Gasteiger partial charge >= 0.3 is 5.69 Å². The highest BCUT2D eigenvalue weighted by molar-refractivity contribution is 5.67. The van der Waals surface area contributed by atoms with Gasteiger partial charge in [0.05, 0.1) is 6.33 Å². The van der Waals surface area contributed by atoms with Gasteiger partial charge in [0.2, 0.25) is 0 Å². The van der Waals surface area contributed by atoms with Crippen molar-refractivity contribution in [2.75, 3.05) is 0 Å². The number of H-pyrrole nitrogens is 3. The highest BCUT2D eigenvalue weighted by Crippen LogP contribution is 2.14. The number of nitrogens with one attached hydrogen (secondary N) is 3. The fourth-order valence-corrected chi connectivity index (χ4v) is 0.867. The summed E-state index contributed by atoms with van der Waals surface area (Å²) in [6.07, 6.45) is 5.84. The van der Waals surface area contributed by atoms with Crippen LogP contribution in [0.1, 0.15) is 19.3 Å². The minimum atomic E-state index is -0.547. The second-order valence-corrected chi connectivity index (χ2v) is 3.10. The van der Waals surface area contributed by atoms with Crippen LogP contribution in [0.3, 0.4) is 0 Å². The van der Waals surface area contributed by atoms with E-state index in [-0.39, 0.29) is 11.2 Å². The van der Waals surface area contributed by atoms with Crippen molar-refractivity contribution in [3.8, 4) is 0 Å². The topological polar surface area (TPSA) is 94.4 Å². The largest absolute Gasteiger partial charge is 0.339 e. The van der Waals surface area contributed by atoms with Crippen LogP contribution in [0.5, 0.6) is 0 Å². The average molecular weight is 194 g/mol. The van der Waals surface area contributed by atoms with Crippen molar-refractivity contribution in [1.82, 2.24) is 19.9 Å². The van der Waals surface area contributed by atoms with Crippen LogP contribution in [0.15, 0.2) is 15.9 Å². The van der Waals surface area contributed by atoms with Crippen molar-refractivity contribution < 1.29 is 0 Å². The molecule has 0 saturated heterocycles. The van der Waals surface area contributed by atoms with E-state index in [0.29, 0.717) is 0 Å². The normalized spacial score (nSPS) is 13.4. The van der Waals surface area contributed by atoms with E-state index in [4.69, 9.17) is 0 Å². The third-order valence-electron chi connectivity index (χ3n) is 1.68. The average Bonchev–Trinajstić information content (AvgIpc) is 2.93. The first-order valence-corrected chi connectivity index (χ1v) is 4.43. The molecular formula is C8H10N4O2. The number of hydrogen-bond donors (Lipinski definition) is 3. The maximum absolute atomic E-state index is 10.9. The molecule has 3 rings (SSSR count). The van der Waals surface area contributed by atoms with Crippen molar-refractivity contribution >= 4 is 11.2 Å². The molecule has 3 N–H and O–H groups in total. The summed E-state index contributed by atoms with van der Waals surface area (Å²) in [5.41, 5.74) is -0.445. The van der Waals surface area contributed by atoms with Gasteiger partial charge in [0.15, 0.2) is 5.65 Å². The zero-order chi connectivity index (χ0) is 9.97. The van der Waals surface area contributed by atoms with Crippen LogP contribution in [-0.2, 0) is 0 Å². The summed E-state index contributed by atoms with van der Waals surface area (Å²) < 4.78 is 0. The van der Waals surface area contributed by atoms with Gasteiger partial charge < -0.3 is 4.98 Å². The standard InChI is InChI=1S/C5H4N4O2.C3H6/c10-4-2-3(7-1-6-2)8-5(11)9-4;1-2-3-1/h1H,(H3,6,7,8,9,10,11);1-3H2. The molecule has 1 aliphatic rings. The van der Waals surface area contributed by atoms with E-state index in [1.807, 2.05) is 0 Å². The number of imidazole rings is 1. The van der Waals surface area contributed by atoms with Crippen molar-refractivity contribution in [2.24, 2.45) is 0 Å². The van der Waals surface area contributed by atoms with Crippen LogP contribution in [0.2, 0.25) is 0 Å². The Morgan fingerprint density at radius 3 is 2.50 bits per heavy atom. The molecule has 6 heteroatoms. The van der Waals surface area contributed by atoms with Gasteiger partial charge in [0.25, 0.3) is 5.56 Å². The molecular weight excluding hydrogens is 184 g/mol. The highest BCUT2D eigenvalue weighted by Gasteiger charge is 1.99. The minimum Gasteiger partial charge on any atom is -0.339 e. The van der Waals surface area contributed by atoms with E-state index in [0.717, 1.165) is 0 Å². The molecule has 1 aliphatic carbocycles. The minimum absolute atomic E-state index is 0.277. The van der Waals surface area contributed by atoms with Crippen LogP contribution < -0.4 is 11.2 Å². The van der Waals surface area contributed by atoms with Crippen LogP contribution in [-0.4, -0.2) is 19.9 Å². The third kappa shape index (κ3) is 1.90. The molecule has 0 atom stereocenters. The van der Waals surface area contributed by atoms with Crippen LogP contribution in [0.25, 0.3) is 11.2 Å². The Morgan fingerprint density at radius 2 is 1.86 bits per heavy atom. The Kier molecular flexibility index (Phi) is 2.18. The quantitative estimate of drug-likeness (QED) is 0.555. The first-order valence-electron chi connectivity index (χ1n) is 4.43. The van der Waals surface area contributed by atoms with Gasteiger partial charge in [-0.2, -0.15) is 0 Å². The zero-order valence-corrected chi connectivity index (χ0v) is 7.46. The molecule has 2 heterocycles. The van der Waals surface area contributed by atoms with Crippen molar-refractivity contribution in [3.05, 3.63) is 27.2 Å². The summed E-state index contributed by atoms with van der Waals surface area (Å²) in [7, 11) is 0. The molecule has 0 aromatic carbocycles. The Balaban J connectivity index is 0.000000214. The lowest BCUT2D eigenvalue weighted by molar-refractivity contribution is 1.07. The van der Waals surface area contributed by atoms with Gasteiger partial charge in [-0.1, -0.05) is 19.3 Å². The van der Waals surface area contributed by atoms with Gasteiger partial charge in [0.1, 0.15) is 5.52 Å². The van der Waals surface area contributed by atoms with E-state index < -0.39 is 11.2 Å².